The van der Waals surface area contributed by atoms with Crippen LogP contribution in [0.3, 0.4) is 0 Å². The summed E-state index contributed by atoms with van der Waals surface area (Å²) in [5, 5.41) is 9.70. The second-order valence-corrected chi connectivity index (χ2v) is 5.71. The van der Waals surface area contributed by atoms with Gasteiger partial charge in [0.1, 0.15) is 17.4 Å². The fourth-order valence-electron chi connectivity index (χ4n) is 2.81. The van der Waals surface area contributed by atoms with Crippen molar-refractivity contribution < 1.29 is 9.50 Å². The third kappa shape index (κ3) is 2.90. The van der Waals surface area contributed by atoms with Crippen LogP contribution >= 0.6 is 0 Å². The molecule has 0 fully saturated rings. The standard InChI is InChI=1S/C21H15FN2O/c22-18-12-11-16(25)13-17(18)21-23-19(14-7-3-1-4-8-14)20(24-21)15-9-5-2-6-10-15/h1-13,25H,(H,23,24). The molecular formula is C21H15FN2O. The van der Waals surface area contributed by atoms with Crippen LogP contribution < -0.4 is 0 Å². The van der Waals surface area contributed by atoms with Crippen LogP contribution in [0.25, 0.3) is 33.9 Å². The number of aromatic nitrogens is 2. The highest BCUT2D eigenvalue weighted by Gasteiger charge is 2.17. The van der Waals surface area contributed by atoms with Crippen molar-refractivity contribution in [1.82, 2.24) is 9.97 Å². The highest BCUT2D eigenvalue weighted by atomic mass is 19.1. The zero-order valence-electron chi connectivity index (χ0n) is 13.3. The van der Waals surface area contributed by atoms with Crippen LogP contribution in [-0.2, 0) is 0 Å². The van der Waals surface area contributed by atoms with Gasteiger partial charge in [0, 0.05) is 11.1 Å². The highest BCUT2D eigenvalue weighted by Crippen LogP contribution is 2.34. The van der Waals surface area contributed by atoms with Gasteiger partial charge in [-0.15, -0.1) is 0 Å². The summed E-state index contributed by atoms with van der Waals surface area (Å²) in [5.41, 5.74) is 3.68. The maximum absolute atomic E-state index is 14.2. The minimum atomic E-state index is -0.439. The Morgan fingerprint density at radius 2 is 1.44 bits per heavy atom. The number of phenolic OH excluding ortho intramolecular Hbond substituents is 1. The van der Waals surface area contributed by atoms with Crippen LogP contribution in [0.2, 0.25) is 0 Å². The topological polar surface area (TPSA) is 48.9 Å². The maximum atomic E-state index is 14.2. The lowest BCUT2D eigenvalue weighted by Crippen LogP contribution is -1.86. The number of rotatable bonds is 3. The van der Waals surface area contributed by atoms with E-state index in [0.29, 0.717) is 5.82 Å². The third-order valence-corrected chi connectivity index (χ3v) is 4.02. The number of nitrogens with one attached hydrogen (secondary N) is 1. The highest BCUT2D eigenvalue weighted by molar-refractivity contribution is 5.81. The minimum Gasteiger partial charge on any atom is -0.508 e. The first-order valence-electron chi connectivity index (χ1n) is 7.92. The van der Waals surface area contributed by atoms with E-state index in [9.17, 15) is 9.50 Å². The van der Waals surface area contributed by atoms with Gasteiger partial charge in [0.15, 0.2) is 0 Å². The molecule has 1 aromatic heterocycles. The number of phenols is 1. The number of halogens is 1. The third-order valence-electron chi connectivity index (χ3n) is 4.02. The summed E-state index contributed by atoms with van der Waals surface area (Å²) in [5.74, 6) is -0.0628. The Kier molecular flexibility index (Phi) is 3.78. The van der Waals surface area contributed by atoms with Crippen LogP contribution in [0.1, 0.15) is 0 Å². The molecule has 1 heterocycles. The number of aromatic hydroxyl groups is 1. The molecule has 0 amide bonds. The van der Waals surface area contributed by atoms with E-state index in [4.69, 9.17) is 0 Å². The number of nitrogens with zero attached hydrogens (tertiary/aromatic N) is 1. The number of benzene rings is 3. The smallest absolute Gasteiger partial charge is 0.141 e. The average molecular weight is 330 g/mol. The molecule has 0 unspecified atom stereocenters. The Hall–Kier alpha value is -3.40. The zero-order valence-corrected chi connectivity index (χ0v) is 13.3. The summed E-state index contributed by atoms with van der Waals surface area (Å²) < 4.78 is 14.2. The monoisotopic (exact) mass is 330 g/mol. The number of imidazole rings is 1. The SMILES string of the molecule is Oc1ccc(F)c(-c2nc(-c3ccccc3)c(-c3ccccc3)[nH]2)c1. The minimum absolute atomic E-state index is 0.00433. The molecule has 4 heteroatoms. The van der Waals surface area contributed by atoms with Crippen LogP contribution in [0, 0.1) is 5.82 Å². The van der Waals surface area contributed by atoms with E-state index >= 15 is 0 Å². The lowest BCUT2D eigenvalue weighted by molar-refractivity contribution is 0.473. The summed E-state index contributed by atoms with van der Waals surface area (Å²) >= 11 is 0. The second-order valence-electron chi connectivity index (χ2n) is 5.71. The molecule has 4 aromatic rings. The van der Waals surface area contributed by atoms with Crippen molar-refractivity contribution in [3.05, 3.63) is 84.7 Å². The van der Waals surface area contributed by atoms with Crippen molar-refractivity contribution in [3.63, 3.8) is 0 Å². The van der Waals surface area contributed by atoms with Crippen LogP contribution in [0.5, 0.6) is 5.75 Å². The Balaban J connectivity index is 1.94. The average Bonchev–Trinajstić information content (AvgIpc) is 3.10. The first kappa shape index (κ1) is 15.1. The van der Waals surface area contributed by atoms with Gasteiger partial charge in [-0.25, -0.2) is 9.37 Å². The number of hydrogen-bond donors (Lipinski definition) is 2. The van der Waals surface area contributed by atoms with Crippen LogP contribution in [-0.4, -0.2) is 15.1 Å². The van der Waals surface area contributed by atoms with Crippen molar-refractivity contribution in [3.8, 4) is 39.7 Å². The molecule has 4 rings (SSSR count). The van der Waals surface area contributed by atoms with Gasteiger partial charge in [0.05, 0.1) is 17.0 Å². The number of aromatic amines is 1. The van der Waals surface area contributed by atoms with Gasteiger partial charge in [0.25, 0.3) is 0 Å². The van der Waals surface area contributed by atoms with Gasteiger partial charge in [0.2, 0.25) is 0 Å². The molecule has 0 atom stereocenters. The summed E-state index contributed by atoms with van der Waals surface area (Å²) in [4.78, 5) is 7.84. The predicted octanol–water partition coefficient (Wildman–Crippen LogP) is 5.26. The molecule has 122 valence electrons. The molecule has 3 nitrogen and oxygen atoms in total. The molecule has 0 spiro atoms. The number of hydrogen-bond acceptors (Lipinski definition) is 2. The predicted molar refractivity (Wildman–Crippen MR) is 96.5 cm³/mol. The van der Waals surface area contributed by atoms with E-state index in [1.807, 2.05) is 60.7 Å². The maximum Gasteiger partial charge on any atom is 0.141 e. The molecule has 0 aliphatic rings. The van der Waals surface area contributed by atoms with Crippen molar-refractivity contribution in [2.45, 2.75) is 0 Å². The van der Waals surface area contributed by atoms with Gasteiger partial charge >= 0.3 is 0 Å². The van der Waals surface area contributed by atoms with Gasteiger partial charge in [-0.3, -0.25) is 0 Å². The van der Waals surface area contributed by atoms with E-state index in [1.54, 1.807) is 0 Å². The molecule has 0 radical (unpaired) electrons. The molecule has 2 N–H and O–H groups in total. The van der Waals surface area contributed by atoms with E-state index in [-0.39, 0.29) is 11.3 Å². The lowest BCUT2D eigenvalue weighted by atomic mass is 10.1. The van der Waals surface area contributed by atoms with E-state index < -0.39 is 5.82 Å². The van der Waals surface area contributed by atoms with Gasteiger partial charge in [-0.05, 0) is 18.2 Å². The fraction of sp³-hybridized carbons (Fsp3) is 0. The normalized spacial score (nSPS) is 10.8. The second kappa shape index (κ2) is 6.24. The first-order chi connectivity index (χ1) is 12.2. The van der Waals surface area contributed by atoms with E-state index in [1.165, 1.54) is 18.2 Å². The molecule has 3 aromatic carbocycles. The van der Waals surface area contributed by atoms with Crippen molar-refractivity contribution in [2.75, 3.05) is 0 Å². The lowest BCUT2D eigenvalue weighted by Gasteiger charge is -2.02. The molecular weight excluding hydrogens is 315 g/mol. The molecule has 25 heavy (non-hydrogen) atoms. The largest absolute Gasteiger partial charge is 0.508 e. The van der Waals surface area contributed by atoms with Gasteiger partial charge < -0.3 is 10.1 Å². The van der Waals surface area contributed by atoms with Gasteiger partial charge in [-0.1, -0.05) is 60.7 Å². The Morgan fingerprint density at radius 3 is 2.12 bits per heavy atom. The Morgan fingerprint density at radius 1 is 0.800 bits per heavy atom. The van der Waals surface area contributed by atoms with E-state index in [0.717, 1.165) is 22.5 Å². The first-order valence-corrected chi connectivity index (χ1v) is 7.92. The quantitative estimate of drug-likeness (QED) is 0.538. The van der Waals surface area contributed by atoms with E-state index in [2.05, 4.69) is 9.97 Å². The molecule has 0 bridgehead atoms. The zero-order chi connectivity index (χ0) is 17.2. The van der Waals surface area contributed by atoms with Crippen LogP contribution in [0.4, 0.5) is 4.39 Å². The summed E-state index contributed by atoms with van der Waals surface area (Å²) in [7, 11) is 0. The van der Waals surface area contributed by atoms with Crippen molar-refractivity contribution >= 4 is 0 Å². The van der Waals surface area contributed by atoms with Crippen molar-refractivity contribution in [2.24, 2.45) is 0 Å². The molecule has 0 saturated carbocycles. The molecule has 0 saturated heterocycles. The summed E-state index contributed by atoms with van der Waals surface area (Å²) in [6.07, 6.45) is 0. The van der Waals surface area contributed by atoms with Crippen LogP contribution in [0.15, 0.2) is 78.9 Å². The Labute approximate surface area is 144 Å². The van der Waals surface area contributed by atoms with Crippen molar-refractivity contribution in [1.29, 1.82) is 0 Å². The summed E-state index contributed by atoms with van der Waals surface area (Å²) in [6, 6.07) is 23.4. The molecule has 0 aliphatic heterocycles. The molecule has 0 aliphatic carbocycles. The Bertz CT molecular complexity index is 954. The summed E-state index contributed by atoms with van der Waals surface area (Å²) in [6.45, 7) is 0. The fourth-order valence-corrected chi connectivity index (χ4v) is 2.81. The van der Waals surface area contributed by atoms with Gasteiger partial charge in [-0.2, -0.15) is 0 Å². The number of H-pyrrole nitrogens is 1.